The van der Waals surface area contributed by atoms with Crippen LogP contribution in [-0.4, -0.2) is 33.0 Å². The van der Waals surface area contributed by atoms with E-state index in [-0.39, 0.29) is 5.91 Å². The molecule has 0 bridgehead atoms. The van der Waals surface area contributed by atoms with Crippen LogP contribution in [0.5, 0.6) is 5.75 Å². The first-order valence-corrected chi connectivity index (χ1v) is 11.6. The smallest absolute Gasteiger partial charge is 0.237 e. The van der Waals surface area contributed by atoms with E-state index in [9.17, 15) is 4.79 Å². The first-order chi connectivity index (χ1) is 16.0. The van der Waals surface area contributed by atoms with Gasteiger partial charge in [-0.2, -0.15) is 0 Å². The molecule has 1 N–H and O–H groups in total. The van der Waals surface area contributed by atoms with Gasteiger partial charge in [-0.05, 0) is 49.2 Å². The van der Waals surface area contributed by atoms with Gasteiger partial charge in [0, 0.05) is 12.1 Å². The Hall–Kier alpha value is -3.58. The molecule has 3 aromatic carbocycles. The summed E-state index contributed by atoms with van der Waals surface area (Å²) in [5.41, 5.74) is 3.81. The molecule has 1 amide bonds. The largest absolute Gasteiger partial charge is 0.495 e. The van der Waals surface area contributed by atoms with Crippen molar-refractivity contribution in [2.75, 3.05) is 12.4 Å². The van der Waals surface area contributed by atoms with E-state index in [0.717, 1.165) is 22.6 Å². The molecule has 1 atom stereocenters. The Bertz CT molecular complexity index is 1230. The highest BCUT2D eigenvalue weighted by molar-refractivity contribution is 8.00. The van der Waals surface area contributed by atoms with Crippen LogP contribution in [0.4, 0.5) is 5.69 Å². The summed E-state index contributed by atoms with van der Waals surface area (Å²) in [6.45, 7) is 3.84. The summed E-state index contributed by atoms with van der Waals surface area (Å²) >= 11 is 1.38. The minimum Gasteiger partial charge on any atom is -0.495 e. The second kappa shape index (κ2) is 10.4. The van der Waals surface area contributed by atoms with E-state index in [2.05, 4.69) is 27.6 Å². The number of thioether (sulfide) groups is 1. The Morgan fingerprint density at radius 1 is 1.03 bits per heavy atom. The number of carbonyl (C=O) groups is 1. The Balaban J connectivity index is 1.58. The topological polar surface area (TPSA) is 69.0 Å². The van der Waals surface area contributed by atoms with Gasteiger partial charge in [0.15, 0.2) is 5.16 Å². The number of benzene rings is 3. The molecule has 0 aliphatic rings. The van der Waals surface area contributed by atoms with Crippen molar-refractivity contribution >= 4 is 23.4 Å². The summed E-state index contributed by atoms with van der Waals surface area (Å²) in [7, 11) is 1.59. The maximum absolute atomic E-state index is 13.0. The Kier molecular flexibility index (Phi) is 7.10. The van der Waals surface area contributed by atoms with Gasteiger partial charge in [0.25, 0.3) is 0 Å². The monoisotopic (exact) mass is 458 g/mol. The van der Waals surface area contributed by atoms with Gasteiger partial charge in [0.05, 0.1) is 18.0 Å². The molecule has 0 fully saturated rings. The number of carbonyl (C=O) groups excluding carboxylic acids is 1. The number of amides is 1. The summed E-state index contributed by atoms with van der Waals surface area (Å²) in [6, 6.07) is 25.8. The molecule has 0 saturated heterocycles. The van der Waals surface area contributed by atoms with Crippen molar-refractivity contribution in [1.29, 1.82) is 0 Å². The molecule has 4 aromatic rings. The van der Waals surface area contributed by atoms with Gasteiger partial charge in [-0.25, -0.2) is 0 Å². The number of aryl methyl sites for hydroxylation is 1. The third-order valence-corrected chi connectivity index (χ3v) is 6.23. The van der Waals surface area contributed by atoms with Gasteiger partial charge >= 0.3 is 0 Å². The van der Waals surface area contributed by atoms with Crippen molar-refractivity contribution in [2.45, 2.75) is 30.7 Å². The first-order valence-electron chi connectivity index (χ1n) is 10.7. The highest BCUT2D eigenvalue weighted by atomic mass is 32.2. The molecule has 1 heterocycles. The quantitative estimate of drug-likeness (QED) is 0.363. The lowest BCUT2D eigenvalue weighted by atomic mass is 10.1. The lowest BCUT2D eigenvalue weighted by Gasteiger charge is -2.15. The zero-order valence-corrected chi connectivity index (χ0v) is 19.7. The highest BCUT2D eigenvalue weighted by Gasteiger charge is 2.22. The average molecular weight is 459 g/mol. The van der Waals surface area contributed by atoms with Gasteiger partial charge in [0.1, 0.15) is 11.6 Å². The van der Waals surface area contributed by atoms with Crippen molar-refractivity contribution in [3.63, 3.8) is 0 Å². The summed E-state index contributed by atoms with van der Waals surface area (Å²) in [5.74, 6) is 1.32. The number of hydrogen-bond acceptors (Lipinski definition) is 5. The number of nitrogens with zero attached hydrogens (tertiary/aromatic N) is 3. The summed E-state index contributed by atoms with van der Waals surface area (Å²) in [4.78, 5) is 13.0. The number of nitrogens with one attached hydrogen (secondary N) is 1. The number of anilines is 1. The third kappa shape index (κ3) is 5.43. The van der Waals surface area contributed by atoms with Crippen LogP contribution in [0.3, 0.4) is 0 Å². The molecule has 168 valence electrons. The molecule has 0 saturated carbocycles. The highest BCUT2D eigenvalue weighted by Crippen LogP contribution is 2.29. The molecule has 6 nitrogen and oxygen atoms in total. The van der Waals surface area contributed by atoms with Crippen molar-refractivity contribution < 1.29 is 9.53 Å². The van der Waals surface area contributed by atoms with E-state index in [1.54, 1.807) is 7.11 Å². The molecular weight excluding hydrogens is 432 g/mol. The van der Waals surface area contributed by atoms with Crippen LogP contribution in [-0.2, 0) is 11.2 Å². The summed E-state index contributed by atoms with van der Waals surface area (Å²) < 4.78 is 7.41. The number of methoxy groups -OCH3 is 1. The van der Waals surface area contributed by atoms with Crippen molar-refractivity contribution in [3.05, 3.63) is 95.8 Å². The molecule has 0 aliphatic heterocycles. The molecule has 0 radical (unpaired) electrons. The van der Waals surface area contributed by atoms with Crippen molar-refractivity contribution in [3.8, 4) is 11.4 Å². The van der Waals surface area contributed by atoms with Crippen LogP contribution in [0.15, 0.2) is 84.0 Å². The maximum atomic E-state index is 13.0. The van der Waals surface area contributed by atoms with Crippen LogP contribution in [0.1, 0.15) is 23.9 Å². The number of para-hydroxylation sites is 1. The number of aromatic nitrogens is 3. The van der Waals surface area contributed by atoms with Crippen molar-refractivity contribution in [1.82, 2.24) is 14.8 Å². The predicted octanol–water partition coefficient (Wildman–Crippen LogP) is 5.29. The Morgan fingerprint density at radius 2 is 1.73 bits per heavy atom. The fourth-order valence-electron chi connectivity index (χ4n) is 3.47. The van der Waals surface area contributed by atoms with E-state index in [1.807, 2.05) is 85.1 Å². The summed E-state index contributed by atoms with van der Waals surface area (Å²) in [5, 5.41) is 12.2. The number of ether oxygens (including phenoxy) is 1. The van der Waals surface area contributed by atoms with E-state index >= 15 is 0 Å². The Labute approximate surface area is 198 Å². The van der Waals surface area contributed by atoms with Crippen LogP contribution in [0.2, 0.25) is 0 Å². The standard InChI is InChI=1S/C26H26N4O2S/c1-18-14-15-23(32-3)22(16-18)27-25(31)19(2)33-26-29-28-24(17-20-10-6-4-7-11-20)30(26)21-12-8-5-9-13-21/h4-16,19H,17H2,1-3H3,(H,27,31). The molecule has 0 spiro atoms. The van der Waals surface area contributed by atoms with E-state index in [4.69, 9.17) is 4.74 Å². The minimum atomic E-state index is -0.397. The predicted molar refractivity (Wildman–Crippen MR) is 132 cm³/mol. The van der Waals surface area contributed by atoms with Crippen LogP contribution in [0, 0.1) is 6.92 Å². The maximum Gasteiger partial charge on any atom is 0.237 e. The van der Waals surface area contributed by atoms with Crippen LogP contribution in [0.25, 0.3) is 5.69 Å². The molecule has 1 unspecified atom stereocenters. The number of rotatable bonds is 8. The van der Waals surface area contributed by atoms with Gasteiger partial charge in [-0.15, -0.1) is 10.2 Å². The van der Waals surface area contributed by atoms with E-state index in [0.29, 0.717) is 23.0 Å². The third-order valence-electron chi connectivity index (χ3n) is 5.18. The summed E-state index contributed by atoms with van der Waals surface area (Å²) in [6.07, 6.45) is 0.643. The lowest BCUT2D eigenvalue weighted by Crippen LogP contribution is -2.23. The molecule has 0 aliphatic carbocycles. The van der Waals surface area contributed by atoms with Crippen molar-refractivity contribution in [2.24, 2.45) is 0 Å². The normalized spacial score (nSPS) is 11.7. The fraction of sp³-hybridized carbons (Fsp3) is 0.192. The lowest BCUT2D eigenvalue weighted by molar-refractivity contribution is -0.115. The van der Waals surface area contributed by atoms with Gasteiger partial charge in [-0.3, -0.25) is 9.36 Å². The minimum absolute atomic E-state index is 0.129. The molecule has 4 rings (SSSR count). The molecule has 33 heavy (non-hydrogen) atoms. The molecular formula is C26H26N4O2S. The average Bonchev–Trinajstić information content (AvgIpc) is 3.22. The second-order valence-corrected chi connectivity index (χ2v) is 8.99. The van der Waals surface area contributed by atoms with Gasteiger partial charge < -0.3 is 10.1 Å². The van der Waals surface area contributed by atoms with Crippen LogP contribution < -0.4 is 10.1 Å². The van der Waals surface area contributed by atoms with E-state index in [1.165, 1.54) is 11.8 Å². The van der Waals surface area contributed by atoms with Crippen LogP contribution >= 0.6 is 11.8 Å². The zero-order chi connectivity index (χ0) is 23.2. The zero-order valence-electron chi connectivity index (χ0n) is 18.9. The first kappa shape index (κ1) is 22.6. The fourth-order valence-corrected chi connectivity index (χ4v) is 4.36. The number of hydrogen-bond donors (Lipinski definition) is 1. The SMILES string of the molecule is COc1ccc(C)cc1NC(=O)C(C)Sc1nnc(Cc2ccccc2)n1-c1ccccc1. The van der Waals surface area contributed by atoms with E-state index < -0.39 is 5.25 Å². The second-order valence-electron chi connectivity index (χ2n) is 7.69. The Morgan fingerprint density at radius 3 is 2.42 bits per heavy atom. The van der Waals surface area contributed by atoms with Gasteiger partial charge in [-0.1, -0.05) is 66.4 Å². The van der Waals surface area contributed by atoms with Gasteiger partial charge in [0.2, 0.25) is 5.91 Å². The molecule has 7 heteroatoms. The molecule has 1 aromatic heterocycles.